The highest BCUT2D eigenvalue weighted by atomic mass is 32.1. The summed E-state index contributed by atoms with van der Waals surface area (Å²) in [5, 5.41) is 16.8. The Labute approximate surface area is 181 Å². The van der Waals surface area contributed by atoms with Gasteiger partial charge < -0.3 is 15.1 Å². The van der Waals surface area contributed by atoms with Crippen LogP contribution in [0.4, 0.5) is 23.1 Å². The van der Waals surface area contributed by atoms with E-state index in [1.54, 1.807) is 17.4 Å². The van der Waals surface area contributed by atoms with Crippen molar-refractivity contribution in [3.63, 3.8) is 0 Å². The Morgan fingerprint density at radius 3 is 2.97 bits per heavy atom. The van der Waals surface area contributed by atoms with Gasteiger partial charge in [0, 0.05) is 54.7 Å². The van der Waals surface area contributed by atoms with Crippen molar-refractivity contribution in [1.82, 2.24) is 9.97 Å². The third-order valence-corrected chi connectivity index (χ3v) is 6.14. The fraction of sp³-hybridized carbons (Fsp3) is 0.348. The smallest absolute Gasteiger partial charge is 0.229 e. The maximum Gasteiger partial charge on any atom is 0.229 e. The standard InChI is InChI=1S/C23H26N6S/c1-3-5-18-13-22(27-23(25-18)26-19-7-4-6-17(12-19)14-24)29-10-8-20(15-29)28(2)21-9-11-30-16-21/h4,6-7,9,11-13,16,20H,3,5,8,10,15H2,1-2H3,(H,25,26,27)/t20-/m0/s1. The molecule has 1 fully saturated rings. The lowest BCUT2D eigenvalue weighted by Gasteiger charge is -2.26. The molecular formula is C23H26N6S. The van der Waals surface area contributed by atoms with E-state index in [1.807, 2.05) is 18.2 Å². The molecule has 0 unspecified atom stereocenters. The largest absolute Gasteiger partial charge is 0.369 e. The van der Waals surface area contributed by atoms with Gasteiger partial charge in [0.25, 0.3) is 0 Å². The average Bonchev–Trinajstić information content (AvgIpc) is 3.46. The van der Waals surface area contributed by atoms with Crippen LogP contribution in [0.3, 0.4) is 0 Å². The van der Waals surface area contributed by atoms with Crippen LogP contribution in [-0.2, 0) is 6.42 Å². The molecule has 1 atom stereocenters. The van der Waals surface area contributed by atoms with Crippen LogP contribution in [0.5, 0.6) is 0 Å². The molecule has 0 aliphatic carbocycles. The SMILES string of the molecule is CCCc1cc(N2CC[C@H](N(C)c3ccsc3)C2)nc(Nc2cccc(C#N)c2)n1. The molecule has 0 radical (unpaired) electrons. The van der Waals surface area contributed by atoms with Gasteiger partial charge in [-0.1, -0.05) is 19.4 Å². The van der Waals surface area contributed by atoms with E-state index in [0.29, 0.717) is 17.6 Å². The van der Waals surface area contributed by atoms with Crippen molar-refractivity contribution >= 4 is 34.5 Å². The van der Waals surface area contributed by atoms with Gasteiger partial charge in [-0.3, -0.25) is 0 Å². The van der Waals surface area contributed by atoms with Gasteiger partial charge in [0.1, 0.15) is 5.82 Å². The fourth-order valence-electron chi connectivity index (χ4n) is 3.82. The lowest BCUT2D eigenvalue weighted by atomic mass is 10.2. The molecule has 154 valence electrons. The number of aromatic nitrogens is 2. The Morgan fingerprint density at radius 2 is 2.20 bits per heavy atom. The van der Waals surface area contributed by atoms with Crippen molar-refractivity contribution in [2.45, 2.75) is 32.2 Å². The molecule has 1 N–H and O–H groups in total. The second-order valence-corrected chi connectivity index (χ2v) is 8.37. The maximum atomic E-state index is 9.15. The van der Waals surface area contributed by atoms with E-state index in [-0.39, 0.29) is 0 Å². The quantitative estimate of drug-likeness (QED) is 0.593. The second kappa shape index (κ2) is 9.14. The van der Waals surface area contributed by atoms with E-state index in [2.05, 4.69) is 58.1 Å². The van der Waals surface area contributed by atoms with Gasteiger partial charge >= 0.3 is 0 Å². The number of nitriles is 1. The first kappa shape index (κ1) is 20.2. The first-order valence-electron chi connectivity index (χ1n) is 10.3. The summed E-state index contributed by atoms with van der Waals surface area (Å²) in [6.07, 6.45) is 3.05. The number of anilines is 4. The van der Waals surface area contributed by atoms with E-state index in [1.165, 1.54) is 5.69 Å². The summed E-state index contributed by atoms with van der Waals surface area (Å²) in [6.45, 7) is 4.08. The summed E-state index contributed by atoms with van der Waals surface area (Å²) < 4.78 is 0. The first-order valence-corrected chi connectivity index (χ1v) is 11.3. The predicted octanol–water partition coefficient (Wildman–Crippen LogP) is 4.82. The predicted molar refractivity (Wildman–Crippen MR) is 124 cm³/mol. The normalized spacial score (nSPS) is 15.8. The van der Waals surface area contributed by atoms with Crippen molar-refractivity contribution in [3.05, 3.63) is 58.4 Å². The Balaban J connectivity index is 1.55. The summed E-state index contributed by atoms with van der Waals surface area (Å²) >= 11 is 1.73. The van der Waals surface area contributed by atoms with Crippen LogP contribution in [0.25, 0.3) is 0 Å². The van der Waals surface area contributed by atoms with Crippen LogP contribution in [0.2, 0.25) is 0 Å². The van der Waals surface area contributed by atoms with E-state index in [9.17, 15) is 0 Å². The van der Waals surface area contributed by atoms with Crippen LogP contribution in [0, 0.1) is 11.3 Å². The number of thiophene rings is 1. The first-order chi connectivity index (χ1) is 14.7. The Kier molecular flexibility index (Phi) is 6.15. The topological polar surface area (TPSA) is 68.1 Å². The van der Waals surface area contributed by atoms with Crippen molar-refractivity contribution in [3.8, 4) is 6.07 Å². The number of rotatable bonds is 7. The number of hydrogen-bond acceptors (Lipinski definition) is 7. The summed E-state index contributed by atoms with van der Waals surface area (Å²) in [5.41, 5.74) is 3.76. The summed E-state index contributed by atoms with van der Waals surface area (Å²) in [5.74, 6) is 1.55. The van der Waals surface area contributed by atoms with E-state index in [0.717, 1.165) is 49.6 Å². The molecule has 2 aromatic heterocycles. The van der Waals surface area contributed by atoms with Gasteiger partial charge in [-0.25, -0.2) is 4.98 Å². The fourth-order valence-corrected chi connectivity index (χ4v) is 4.50. The van der Waals surface area contributed by atoms with Crippen LogP contribution in [-0.4, -0.2) is 36.1 Å². The van der Waals surface area contributed by atoms with Gasteiger partial charge in [-0.2, -0.15) is 21.6 Å². The van der Waals surface area contributed by atoms with E-state index < -0.39 is 0 Å². The molecular weight excluding hydrogens is 392 g/mol. The Bertz CT molecular complexity index is 1030. The lowest BCUT2D eigenvalue weighted by Crippen LogP contribution is -2.34. The molecule has 1 aliphatic heterocycles. The zero-order chi connectivity index (χ0) is 20.9. The molecule has 0 bridgehead atoms. The molecule has 3 aromatic rings. The van der Waals surface area contributed by atoms with Crippen molar-refractivity contribution in [1.29, 1.82) is 5.26 Å². The van der Waals surface area contributed by atoms with E-state index in [4.69, 9.17) is 15.2 Å². The molecule has 6 nitrogen and oxygen atoms in total. The maximum absolute atomic E-state index is 9.15. The number of nitrogens with zero attached hydrogens (tertiary/aromatic N) is 5. The number of hydrogen-bond donors (Lipinski definition) is 1. The summed E-state index contributed by atoms with van der Waals surface area (Å²) in [4.78, 5) is 14.2. The highest BCUT2D eigenvalue weighted by Crippen LogP contribution is 2.27. The number of nitrogens with one attached hydrogen (secondary N) is 1. The van der Waals surface area contributed by atoms with Crippen molar-refractivity contribution in [2.75, 3.05) is 35.3 Å². The minimum absolute atomic E-state index is 0.466. The number of likely N-dealkylation sites (N-methyl/N-ethyl adjacent to an activating group) is 1. The van der Waals surface area contributed by atoms with Crippen molar-refractivity contribution in [2.24, 2.45) is 0 Å². The minimum Gasteiger partial charge on any atom is -0.369 e. The third kappa shape index (κ3) is 4.55. The zero-order valence-corrected chi connectivity index (χ0v) is 18.2. The molecule has 0 saturated carbocycles. The van der Waals surface area contributed by atoms with Crippen LogP contribution in [0.15, 0.2) is 47.2 Å². The molecule has 30 heavy (non-hydrogen) atoms. The van der Waals surface area contributed by atoms with Crippen LogP contribution < -0.4 is 15.1 Å². The average molecular weight is 419 g/mol. The third-order valence-electron chi connectivity index (χ3n) is 5.47. The minimum atomic E-state index is 0.466. The molecule has 1 saturated heterocycles. The van der Waals surface area contributed by atoms with Gasteiger partial charge in [0.05, 0.1) is 11.6 Å². The van der Waals surface area contributed by atoms with Gasteiger partial charge in [-0.05, 0) is 42.5 Å². The van der Waals surface area contributed by atoms with Crippen LogP contribution in [0.1, 0.15) is 31.0 Å². The Morgan fingerprint density at radius 1 is 1.30 bits per heavy atom. The molecule has 7 heteroatoms. The molecule has 3 heterocycles. The monoisotopic (exact) mass is 418 g/mol. The number of benzene rings is 1. The molecule has 4 rings (SSSR count). The molecule has 0 spiro atoms. The van der Waals surface area contributed by atoms with E-state index >= 15 is 0 Å². The van der Waals surface area contributed by atoms with Crippen molar-refractivity contribution < 1.29 is 0 Å². The molecule has 1 aromatic carbocycles. The molecule has 0 amide bonds. The highest BCUT2D eigenvalue weighted by molar-refractivity contribution is 7.08. The van der Waals surface area contributed by atoms with Gasteiger partial charge in [-0.15, -0.1) is 0 Å². The highest BCUT2D eigenvalue weighted by Gasteiger charge is 2.27. The Hall–Kier alpha value is -3.11. The molecule has 1 aliphatic rings. The van der Waals surface area contributed by atoms with Gasteiger partial charge in [0.2, 0.25) is 5.95 Å². The summed E-state index contributed by atoms with van der Waals surface area (Å²) in [6, 6.07) is 14.3. The van der Waals surface area contributed by atoms with Gasteiger partial charge in [0.15, 0.2) is 0 Å². The number of aryl methyl sites for hydroxylation is 1. The second-order valence-electron chi connectivity index (χ2n) is 7.59. The lowest BCUT2D eigenvalue weighted by molar-refractivity contribution is 0.693. The van der Waals surface area contributed by atoms with Crippen LogP contribution >= 0.6 is 11.3 Å². The zero-order valence-electron chi connectivity index (χ0n) is 17.4. The summed E-state index contributed by atoms with van der Waals surface area (Å²) in [7, 11) is 2.17.